The number of carboxylic acid groups (broad SMARTS) is 1. The Bertz CT molecular complexity index is 330. The second-order valence-corrected chi connectivity index (χ2v) is 3.16. The van der Waals surface area contributed by atoms with E-state index in [1.807, 2.05) is 0 Å². The average molecular weight is 248 g/mol. The molecule has 3 nitrogen and oxygen atoms in total. The van der Waals surface area contributed by atoms with Crippen LogP contribution in [0.25, 0.3) is 0 Å². The Morgan fingerprint density at radius 3 is 2.92 bits per heavy atom. The first kappa shape index (κ1) is 9.98. The van der Waals surface area contributed by atoms with Crippen LogP contribution in [0.3, 0.4) is 0 Å². The largest absolute Gasteiger partial charge is 0.465 e. The first-order valence-corrected chi connectivity index (χ1v) is 4.30. The summed E-state index contributed by atoms with van der Waals surface area (Å²) in [5.74, 6) is -0.398. The van der Waals surface area contributed by atoms with Crippen LogP contribution in [0.15, 0.2) is 22.7 Å². The molecule has 0 bridgehead atoms. The van der Waals surface area contributed by atoms with Crippen LogP contribution < -0.4 is 5.32 Å². The van der Waals surface area contributed by atoms with Crippen LogP contribution in [0.5, 0.6) is 0 Å². The van der Waals surface area contributed by atoms with Crippen LogP contribution in [-0.4, -0.2) is 11.2 Å². The summed E-state index contributed by atoms with van der Waals surface area (Å²) in [5.41, 5.74) is 0.572. The zero-order valence-electron chi connectivity index (χ0n) is 6.55. The van der Waals surface area contributed by atoms with E-state index in [1.54, 1.807) is 6.07 Å². The monoisotopic (exact) mass is 247 g/mol. The molecular formula is C8H7BrFNO2. The van der Waals surface area contributed by atoms with Crippen LogP contribution in [0, 0.1) is 5.82 Å². The van der Waals surface area contributed by atoms with E-state index in [4.69, 9.17) is 5.11 Å². The Morgan fingerprint density at radius 1 is 1.62 bits per heavy atom. The van der Waals surface area contributed by atoms with Crippen molar-refractivity contribution < 1.29 is 14.3 Å². The van der Waals surface area contributed by atoms with Gasteiger partial charge >= 0.3 is 6.09 Å². The third-order valence-corrected chi connectivity index (χ3v) is 2.35. The summed E-state index contributed by atoms with van der Waals surface area (Å²) in [6.45, 7) is 0.0909. The highest BCUT2D eigenvalue weighted by Crippen LogP contribution is 2.19. The van der Waals surface area contributed by atoms with Gasteiger partial charge in [-0.1, -0.05) is 12.1 Å². The highest BCUT2D eigenvalue weighted by atomic mass is 79.9. The number of benzene rings is 1. The van der Waals surface area contributed by atoms with Crippen molar-refractivity contribution in [1.82, 2.24) is 5.32 Å². The molecule has 0 aliphatic heterocycles. The standard InChI is InChI=1S/C8H7BrFNO2/c9-7-5(4-11-8(12)13)2-1-3-6(7)10/h1-3,11H,4H2,(H,12,13). The number of hydrogen-bond donors (Lipinski definition) is 2. The molecule has 1 rings (SSSR count). The Kier molecular flexibility index (Phi) is 3.25. The van der Waals surface area contributed by atoms with Crippen LogP contribution in [0.2, 0.25) is 0 Å². The summed E-state index contributed by atoms with van der Waals surface area (Å²) in [7, 11) is 0. The molecule has 0 spiro atoms. The molecule has 1 amide bonds. The molecule has 0 aliphatic rings. The van der Waals surface area contributed by atoms with Gasteiger partial charge in [-0.05, 0) is 27.6 Å². The van der Waals surface area contributed by atoms with Crippen molar-refractivity contribution >= 4 is 22.0 Å². The molecule has 13 heavy (non-hydrogen) atoms. The first-order chi connectivity index (χ1) is 6.11. The molecule has 0 saturated heterocycles. The first-order valence-electron chi connectivity index (χ1n) is 3.51. The number of amides is 1. The lowest BCUT2D eigenvalue weighted by Gasteiger charge is -2.04. The zero-order chi connectivity index (χ0) is 9.84. The summed E-state index contributed by atoms with van der Waals surface area (Å²) in [6.07, 6.45) is -1.13. The second-order valence-electron chi connectivity index (χ2n) is 2.37. The maximum atomic E-state index is 12.9. The van der Waals surface area contributed by atoms with E-state index in [9.17, 15) is 9.18 Å². The molecule has 70 valence electrons. The summed E-state index contributed by atoms with van der Waals surface area (Å²) < 4.78 is 13.2. The number of halogens is 2. The predicted molar refractivity (Wildman–Crippen MR) is 49.0 cm³/mol. The van der Waals surface area contributed by atoms with Gasteiger partial charge in [-0.2, -0.15) is 0 Å². The van der Waals surface area contributed by atoms with Crippen LogP contribution in [0.4, 0.5) is 9.18 Å². The van der Waals surface area contributed by atoms with Gasteiger partial charge in [0.05, 0.1) is 4.47 Å². The smallest absolute Gasteiger partial charge is 0.404 e. The Balaban J connectivity index is 2.77. The van der Waals surface area contributed by atoms with E-state index in [2.05, 4.69) is 21.2 Å². The second kappa shape index (κ2) is 4.23. The molecule has 2 N–H and O–H groups in total. The van der Waals surface area contributed by atoms with Crippen LogP contribution in [-0.2, 0) is 6.54 Å². The van der Waals surface area contributed by atoms with E-state index < -0.39 is 11.9 Å². The van der Waals surface area contributed by atoms with Crippen molar-refractivity contribution in [3.8, 4) is 0 Å². The van der Waals surface area contributed by atoms with Gasteiger partial charge in [0, 0.05) is 6.54 Å². The zero-order valence-corrected chi connectivity index (χ0v) is 8.14. The van der Waals surface area contributed by atoms with Gasteiger partial charge < -0.3 is 10.4 Å². The Labute approximate surface area is 82.7 Å². The van der Waals surface area contributed by atoms with Crippen molar-refractivity contribution in [3.05, 3.63) is 34.1 Å². The highest BCUT2D eigenvalue weighted by molar-refractivity contribution is 9.10. The normalized spacial score (nSPS) is 9.69. The van der Waals surface area contributed by atoms with E-state index in [0.717, 1.165) is 0 Å². The summed E-state index contributed by atoms with van der Waals surface area (Å²) in [5, 5.41) is 10.5. The quantitative estimate of drug-likeness (QED) is 0.843. The Morgan fingerprint density at radius 2 is 2.31 bits per heavy atom. The molecule has 1 aromatic rings. The number of hydrogen-bond acceptors (Lipinski definition) is 1. The molecule has 1 aromatic carbocycles. The third kappa shape index (κ3) is 2.69. The number of rotatable bonds is 2. The van der Waals surface area contributed by atoms with Crippen molar-refractivity contribution in [1.29, 1.82) is 0 Å². The number of nitrogens with one attached hydrogen (secondary N) is 1. The molecule has 0 unspecified atom stereocenters. The fraction of sp³-hybridized carbons (Fsp3) is 0.125. The van der Waals surface area contributed by atoms with Crippen molar-refractivity contribution in [2.45, 2.75) is 6.54 Å². The molecule has 0 atom stereocenters. The van der Waals surface area contributed by atoms with Crippen molar-refractivity contribution in [2.24, 2.45) is 0 Å². The maximum Gasteiger partial charge on any atom is 0.404 e. The number of carbonyl (C=O) groups is 1. The maximum absolute atomic E-state index is 12.9. The highest BCUT2D eigenvalue weighted by Gasteiger charge is 2.05. The van der Waals surface area contributed by atoms with Gasteiger partial charge in [-0.25, -0.2) is 9.18 Å². The predicted octanol–water partition coefficient (Wildman–Crippen LogP) is 2.36. The molecule has 0 fully saturated rings. The SMILES string of the molecule is O=C(O)NCc1cccc(F)c1Br. The van der Waals surface area contributed by atoms with Crippen molar-refractivity contribution in [2.75, 3.05) is 0 Å². The lowest BCUT2D eigenvalue weighted by Crippen LogP contribution is -2.20. The minimum absolute atomic E-state index is 0.0909. The van der Waals surface area contributed by atoms with Crippen LogP contribution >= 0.6 is 15.9 Å². The lowest BCUT2D eigenvalue weighted by atomic mass is 10.2. The summed E-state index contributed by atoms with van der Waals surface area (Å²) in [4.78, 5) is 10.1. The average Bonchev–Trinajstić information content (AvgIpc) is 2.07. The molecule has 0 aliphatic carbocycles. The lowest BCUT2D eigenvalue weighted by molar-refractivity contribution is 0.194. The minimum Gasteiger partial charge on any atom is -0.465 e. The van der Waals surface area contributed by atoms with Gasteiger partial charge in [0.2, 0.25) is 0 Å². The molecule has 0 radical (unpaired) electrons. The van der Waals surface area contributed by atoms with Gasteiger partial charge in [0.15, 0.2) is 0 Å². The van der Waals surface area contributed by atoms with E-state index in [-0.39, 0.29) is 6.54 Å². The fourth-order valence-electron chi connectivity index (χ4n) is 0.856. The molecule has 0 aromatic heterocycles. The fourth-order valence-corrected chi connectivity index (χ4v) is 1.26. The molecule has 0 heterocycles. The summed E-state index contributed by atoms with van der Waals surface area (Å²) >= 11 is 3.02. The van der Waals surface area contributed by atoms with E-state index in [1.165, 1.54) is 12.1 Å². The van der Waals surface area contributed by atoms with Crippen molar-refractivity contribution in [3.63, 3.8) is 0 Å². The summed E-state index contributed by atoms with van der Waals surface area (Å²) in [6, 6.07) is 4.47. The van der Waals surface area contributed by atoms with Gasteiger partial charge in [0.1, 0.15) is 5.82 Å². The molecular weight excluding hydrogens is 241 g/mol. The van der Waals surface area contributed by atoms with Gasteiger partial charge in [0.25, 0.3) is 0 Å². The molecule has 5 heteroatoms. The van der Waals surface area contributed by atoms with Gasteiger partial charge in [-0.15, -0.1) is 0 Å². The van der Waals surface area contributed by atoms with E-state index in [0.29, 0.717) is 10.0 Å². The van der Waals surface area contributed by atoms with E-state index >= 15 is 0 Å². The third-order valence-electron chi connectivity index (χ3n) is 1.46. The Hall–Kier alpha value is -1.10. The van der Waals surface area contributed by atoms with Crippen LogP contribution in [0.1, 0.15) is 5.56 Å². The molecule has 0 saturated carbocycles. The minimum atomic E-state index is -1.13. The topological polar surface area (TPSA) is 49.3 Å². The van der Waals surface area contributed by atoms with Gasteiger partial charge in [-0.3, -0.25) is 0 Å².